The van der Waals surface area contributed by atoms with E-state index in [0.717, 1.165) is 49.7 Å². The van der Waals surface area contributed by atoms with Crippen molar-refractivity contribution in [1.82, 2.24) is 15.5 Å². The third kappa shape index (κ3) is 10.9. The molecule has 0 heterocycles. The molecule has 0 aliphatic heterocycles. The first kappa shape index (κ1) is 34.0. The number of unbranched alkanes of at least 4 members (excludes halogenated alkanes) is 4. The van der Waals surface area contributed by atoms with Crippen LogP contribution in [0.25, 0.3) is 11.1 Å². The highest BCUT2D eigenvalue weighted by atomic mass is 32.1. The molecule has 1 atom stereocenters. The van der Waals surface area contributed by atoms with Crippen molar-refractivity contribution in [1.29, 1.82) is 0 Å². The van der Waals surface area contributed by atoms with E-state index in [1.54, 1.807) is 20.8 Å². The topological polar surface area (TPSA) is 123 Å². The molecule has 0 saturated heterocycles. The Morgan fingerprint density at radius 3 is 2.47 bits per heavy atom. The van der Waals surface area contributed by atoms with Crippen LogP contribution in [-0.4, -0.2) is 52.8 Å². The molecule has 2 aromatic carbocycles. The highest BCUT2D eigenvalue weighted by Crippen LogP contribution is 2.36. The van der Waals surface area contributed by atoms with E-state index >= 15 is 0 Å². The maximum Gasteiger partial charge on any atom is 0.416 e. The second-order valence-corrected chi connectivity index (χ2v) is 12.3. The summed E-state index contributed by atoms with van der Waals surface area (Å²) < 4.78 is 10.8. The Bertz CT molecular complexity index is 1280. The number of fused-ring (bicyclic) bond motifs is 3. The molecule has 0 saturated carbocycles. The number of nitrogens with zero attached hydrogens (tertiary/aromatic N) is 1. The Morgan fingerprint density at radius 2 is 1.72 bits per heavy atom. The fourth-order valence-corrected chi connectivity index (χ4v) is 5.10. The molecule has 0 fully saturated rings. The summed E-state index contributed by atoms with van der Waals surface area (Å²) in [5.74, 6) is -0.401. The van der Waals surface area contributed by atoms with Crippen LogP contribution in [0.3, 0.4) is 0 Å². The van der Waals surface area contributed by atoms with Gasteiger partial charge in [0.2, 0.25) is 5.91 Å². The lowest BCUT2D eigenvalue weighted by molar-refractivity contribution is -0.131. The fraction of sp³-hybridized carbons (Fsp3) is 0.515. The highest BCUT2D eigenvalue weighted by molar-refractivity contribution is 7.80. The minimum absolute atomic E-state index is 0.0746. The van der Waals surface area contributed by atoms with Crippen molar-refractivity contribution in [3.63, 3.8) is 0 Å². The molecule has 3 rings (SSSR count). The second-order valence-electron chi connectivity index (χ2n) is 11.9. The summed E-state index contributed by atoms with van der Waals surface area (Å²) in [6.07, 6.45) is 4.93. The number of alkyl carbamates (subject to hydrolysis) is 1. The minimum Gasteiger partial charge on any atom is -0.444 e. The fourth-order valence-electron chi connectivity index (χ4n) is 4.91. The summed E-state index contributed by atoms with van der Waals surface area (Å²) in [6.45, 7) is 8.27. The average Bonchev–Trinajstić information content (AvgIpc) is 3.32. The lowest BCUT2D eigenvalue weighted by atomic mass is 10.0. The number of hydrogen-bond acceptors (Lipinski definition) is 7. The number of imide groups is 1. The van der Waals surface area contributed by atoms with E-state index in [4.69, 9.17) is 27.4 Å². The van der Waals surface area contributed by atoms with Crippen LogP contribution in [0.1, 0.15) is 89.3 Å². The molecule has 1 unspecified atom stereocenters. The number of benzene rings is 2. The number of nitrogens with one attached hydrogen (secondary N) is 2. The number of hydrogen-bond donors (Lipinski definition) is 3. The van der Waals surface area contributed by atoms with Gasteiger partial charge >= 0.3 is 12.2 Å². The molecule has 1 aliphatic rings. The zero-order valence-electron chi connectivity index (χ0n) is 25.9. The Hall–Kier alpha value is -3.50. The number of ether oxygens (including phenoxy) is 2. The van der Waals surface area contributed by atoms with Crippen LogP contribution in [-0.2, 0) is 27.3 Å². The molecular weight excluding hydrogens is 564 g/mol. The molecule has 4 N–H and O–H groups in total. The van der Waals surface area contributed by atoms with Crippen molar-refractivity contribution < 1.29 is 23.9 Å². The SMILES string of the molecule is CCCCC(N)C(=O)N(CCCCCCNC(=S)NC(=O)OC(C)(C)C)C(=O)OCc1ccc2c(c1)-c1ccccc1C2. The van der Waals surface area contributed by atoms with E-state index in [1.807, 2.05) is 25.1 Å². The van der Waals surface area contributed by atoms with Gasteiger partial charge in [0.05, 0.1) is 6.04 Å². The lowest BCUT2D eigenvalue weighted by Gasteiger charge is -2.23. The van der Waals surface area contributed by atoms with E-state index in [1.165, 1.54) is 21.6 Å². The van der Waals surface area contributed by atoms with Gasteiger partial charge in [-0.1, -0.05) is 69.0 Å². The number of carbonyl (C=O) groups is 3. The first-order valence-corrected chi connectivity index (χ1v) is 15.6. The Morgan fingerprint density at radius 1 is 1.00 bits per heavy atom. The van der Waals surface area contributed by atoms with Gasteiger partial charge in [0.1, 0.15) is 12.2 Å². The zero-order valence-corrected chi connectivity index (χ0v) is 26.7. The lowest BCUT2D eigenvalue weighted by Crippen LogP contribution is -2.47. The zero-order chi connectivity index (χ0) is 31.4. The van der Waals surface area contributed by atoms with E-state index in [0.29, 0.717) is 19.4 Å². The van der Waals surface area contributed by atoms with Crippen LogP contribution in [0.4, 0.5) is 9.59 Å². The number of rotatable bonds is 13. The van der Waals surface area contributed by atoms with Gasteiger partial charge in [0.25, 0.3) is 0 Å². The van der Waals surface area contributed by atoms with Crippen molar-refractivity contribution in [2.45, 2.75) is 97.3 Å². The van der Waals surface area contributed by atoms with Crippen molar-refractivity contribution in [2.75, 3.05) is 13.1 Å². The van der Waals surface area contributed by atoms with Crippen LogP contribution in [0.2, 0.25) is 0 Å². The first-order valence-electron chi connectivity index (χ1n) is 15.2. The van der Waals surface area contributed by atoms with Gasteiger partial charge in [-0.15, -0.1) is 0 Å². The first-order chi connectivity index (χ1) is 20.5. The molecule has 0 aromatic heterocycles. The molecule has 1 aliphatic carbocycles. The third-order valence-corrected chi connectivity index (χ3v) is 7.35. The van der Waals surface area contributed by atoms with E-state index in [-0.39, 0.29) is 18.3 Å². The molecule has 0 spiro atoms. The largest absolute Gasteiger partial charge is 0.444 e. The summed E-state index contributed by atoms with van der Waals surface area (Å²) >= 11 is 5.14. The predicted molar refractivity (Wildman–Crippen MR) is 173 cm³/mol. The van der Waals surface area contributed by atoms with Crippen LogP contribution in [0, 0.1) is 0 Å². The summed E-state index contributed by atoms with van der Waals surface area (Å²) in [6, 6.07) is 13.7. The Kier molecular flexibility index (Phi) is 12.9. The Balaban J connectivity index is 1.47. The molecule has 3 amide bonds. The van der Waals surface area contributed by atoms with Crippen LogP contribution >= 0.6 is 12.2 Å². The average molecular weight is 611 g/mol. The minimum atomic E-state index is -0.744. The van der Waals surface area contributed by atoms with Crippen LogP contribution < -0.4 is 16.4 Å². The molecular formula is C33H46N4O5S. The second kappa shape index (κ2) is 16.4. The number of amides is 3. The normalized spacial score (nSPS) is 12.5. The smallest absolute Gasteiger partial charge is 0.416 e. The molecule has 0 radical (unpaired) electrons. The van der Waals surface area contributed by atoms with Gasteiger partial charge < -0.3 is 20.5 Å². The number of thiocarbonyl (C=S) groups is 1. The maximum absolute atomic E-state index is 13.1. The van der Waals surface area contributed by atoms with E-state index in [9.17, 15) is 14.4 Å². The number of nitrogens with two attached hydrogens (primary N) is 1. The molecule has 9 nitrogen and oxygen atoms in total. The summed E-state index contributed by atoms with van der Waals surface area (Å²) in [7, 11) is 0. The Labute approximate surface area is 260 Å². The molecule has 234 valence electrons. The quantitative estimate of drug-likeness (QED) is 0.154. The molecule has 2 aromatic rings. The summed E-state index contributed by atoms with van der Waals surface area (Å²) in [5, 5.41) is 5.69. The van der Waals surface area contributed by atoms with Gasteiger partial charge in [-0.2, -0.15) is 0 Å². The maximum atomic E-state index is 13.1. The van der Waals surface area contributed by atoms with Crippen LogP contribution in [0.15, 0.2) is 42.5 Å². The molecule has 0 bridgehead atoms. The van der Waals surface area contributed by atoms with Crippen molar-refractivity contribution in [3.8, 4) is 11.1 Å². The third-order valence-electron chi connectivity index (χ3n) is 7.11. The standard InChI is InChI=1S/C33H46N4O5S/c1-5-6-15-28(34)29(38)37(19-12-8-7-11-18-35-30(43)36-31(39)42-33(2,3)4)32(40)41-22-23-16-17-25-21-24-13-9-10-14-26(24)27(25)20-23/h9-10,13-14,16-17,20,28H,5-8,11-12,15,18-19,21-22,34H2,1-4H3,(H2,35,36,39,43). The van der Waals surface area contributed by atoms with E-state index in [2.05, 4.69) is 34.9 Å². The van der Waals surface area contributed by atoms with Crippen molar-refractivity contribution in [3.05, 3.63) is 59.2 Å². The van der Waals surface area contributed by atoms with Gasteiger partial charge in [-0.05, 0) is 92.6 Å². The monoisotopic (exact) mass is 610 g/mol. The summed E-state index contributed by atoms with van der Waals surface area (Å²) in [5.41, 5.74) is 11.4. The van der Waals surface area contributed by atoms with Gasteiger partial charge in [0, 0.05) is 13.1 Å². The van der Waals surface area contributed by atoms with Crippen LogP contribution in [0.5, 0.6) is 0 Å². The number of carbonyl (C=O) groups excluding carboxylic acids is 3. The highest BCUT2D eigenvalue weighted by Gasteiger charge is 2.27. The van der Waals surface area contributed by atoms with Gasteiger partial charge in [0.15, 0.2) is 5.11 Å². The molecule has 43 heavy (non-hydrogen) atoms. The van der Waals surface area contributed by atoms with E-state index < -0.39 is 29.7 Å². The van der Waals surface area contributed by atoms with Gasteiger partial charge in [-0.25, -0.2) is 14.5 Å². The summed E-state index contributed by atoms with van der Waals surface area (Å²) in [4.78, 5) is 39.2. The van der Waals surface area contributed by atoms with Crippen molar-refractivity contribution >= 4 is 35.4 Å². The van der Waals surface area contributed by atoms with Crippen molar-refractivity contribution in [2.24, 2.45) is 5.73 Å². The van der Waals surface area contributed by atoms with Gasteiger partial charge in [-0.3, -0.25) is 10.1 Å². The predicted octanol–water partition coefficient (Wildman–Crippen LogP) is 6.20. The molecule has 10 heteroatoms.